The maximum absolute atomic E-state index is 13.3. The molecule has 0 saturated heterocycles. The summed E-state index contributed by atoms with van der Waals surface area (Å²) in [5.41, 5.74) is -1.53. The molecular weight excluding hydrogens is 440 g/mol. The molecule has 0 atom stereocenters. The number of ether oxygens (including phenoxy) is 1. The number of rotatable bonds is 6. The third-order valence-corrected chi connectivity index (χ3v) is 4.62. The predicted octanol–water partition coefficient (Wildman–Crippen LogP) is 5.55. The summed E-state index contributed by atoms with van der Waals surface area (Å²) < 4.78 is 46.9. The van der Waals surface area contributed by atoms with Gasteiger partial charge in [0, 0.05) is 18.3 Å². The Labute approximate surface area is 171 Å². The van der Waals surface area contributed by atoms with Crippen molar-refractivity contribution in [1.82, 2.24) is 14.8 Å². The lowest BCUT2D eigenvalue weighted by Crippen LogP contribution is -2.09. The van der Waals surface area contributed by atoms with Gasteiger partial charge in [-0.05, 0) is 18.2 Å². The molecule has 0 spiro atoms. The van der Waals surface area contributed by atoms with Gasteiger partial charge in [-0.15, -0.1) is 11.3 Å². The second kappa shape index (κ2) is 8.38. The summed E-state index contributed by atoms with van der Waals surface area (Å²) >= 11 is 12.8. The van der Waals surface area contributed by atoms with Crippen molar-refractivity contribution in [3.05, 3.63) is 56.1 Å². The van der Waals surface area contributed by atoms with E-state index in [9.17, 15) is 13.2 Å². The summed E-state index contributed by atoms with van der Waals surface area (Å²) in [5.74, 6) is 0.0851. The van der Waals surface area contributed by atoms with E-state index in [1.54, 1.807) is 18.2 Å². The van der Waals surface area contributed by atoms with Crippen LogP contribution in [0.2, 0.25) is 9.49 Å². The number of hydrogen-bond acceptors (Lipinski definition) is 6. The predicted molar refractivity (Wildman–Crippen MR) is 99.2 cm³/mol. The first kappa shape index (κ1) is 20.4. The van der Waals surface area contributed by atoms with Gasteiger partial charge in [-0.1, -0.05) is 34.4 Å². The van der Waals surface area contributed by atoms with Gasteiger partial charge in [0.05, 0.1) is 16.7 Å². The maximum Gasteiger partial charge on any atom is 0.435 e. The number of thiazole rings is 1. The molecule has 0 aliphatic heterocycles. The molecule has 0 aliphatic carbocycles. The van der Waals surface area contributed by atoms with E-state index in [0.29, 0.717) is 14.4 Å². The molecule has 2 aromatic heterocycles. The van der Waals surface area contributed by atoms with Crippen LogP contribution < -0.4 is 4.74 Å². The Kier molecular flexibility index (Phi) is 6.11. The smallest absolute Gasteiger partial charge is 0.435 e. The van der Waals surface area contributed by atoms with Gasteiger partial charge in [0.2, 0.25) is 5.88 Å². The van der Waals surface area contributed by atoms with Crippen molar-refractivity contribution in [3.63, 3.8) is 0 Å². The fraction of sp³-hybridized carbons (Fsp3) is 0.188. The Bertz CT molecular complexity index is 1000. The normalized spacial score (nSPS) is 11.9. The molecule has 6 nitrogen and oxygen atoms in total. The highest BCUT2D eigenvalue weighted by Crippen LogP contribution is 2.36. The average molecular weight is 451 g/mol. The van der Waals surface area contributed by atoms with Crippen molar-refractivity contribution in [2.75, 3.05) is 0 Å². The second-order valence-corrected chi connectivity index (χ2v) is 7.47. The second-order valence-electron chi connectivity index (χ2n) is 5.34. The highest BCUT2D eigenvalue weighted by atomic mass is 35.5. The van der Waals surface area contributed by atoms with E-state index in [-0.39, 0.29) is 23.8 Å². The van der Waals surface area contributed by atoms with Crippen LogP contribution in [0.5, 0.6) is 11.6 Å². The van der Waals surface area contributed by atoms with Crippen LogP contribution in [-0.2, 0) is 24.7 Å². The van der Waals surface area contributed by atoms with Crippen LogP contribution in [0.25, 0.3) is 0 Å². The van der Waals surface area contributed by atoms with Crippen LogP contribution in [0.1, 0.15) is 16.1 Å². The number of aryl methyl sites for hydroxylation is 1. The molecule has 0 saturated carbocycles. The number of hydrogen-bond donors (Lipinski definition) is 0. The first-order valence-electron chi connectivity index (χ1n) is 7.57. The topological polar surface area (TPSA) is 61.5 Å². The first-order chi connectivity index (χ1) is 13.2. The van der Waals surface area contributed by atoms with Crippen molar-refractivity contribution in [2.24, 2.45) is 12.2 Å². The Hall–Kier alpha value is -2.30. The minimum atomic E-state index is -4.71. The molecule has 3 aromatic rings. The van der Waals surface area contributed by atoms with E-state index in [1.807, 2.05) is 0 Å². The number of nitrogens with zero attached hydrogens (tertiary/aromatic N) is 4. The Morgan fingerprint density at radius 2 is 2.11 bits per heavy atom. The standard InChI is InChI=1S/C16H11Cl2F3N4O2S/c1-25-14(27-10-4-2-3-9(17)5-10)12(13(24-25)16(19,20)21)7-23-26-8-11-6-22-15(18)28-11/h2-7H,8H2,1H3/b23-7+. The summed E-state index contributed by atoms with van der Waals surface area (Å²) in [5, 5.41) is 7.48. The largest absolute Gasteiger partial charge is 0.439 e. The highest BCUT2D eigenvalue weighted by molar-refractivity contribution is 7.15. The van der Waals surface area contributed by atoms with E-state index < -0.39 is 11.9 Å². The number of oxime groups is 1. The van der Waals surface area contributed by atoms with Crippen LogP contribution in [0.3, 0.4) is 0 Å². The Morgan fingerprint density at radius 1 is 1.32 bits per heavy atom. The minimum Gasteiger partial charge on any atom is -0.439 e. The van der Waals surface area contributed by atoms with Crippen molar-refractivity contribution in [1.29, 1.82) is 0 Å². The number of alkyl halides is 3. The van der Waals surface area contributed by atoms with E-state index in [0.717, 1.165) is 10.9 Å². The molecule has 1 aromatic carbocycles. The Balaban J connectivity index is 1.86. The molecule has 0 radical (unpaired) electrons. The molecule has 0 amide bonds. The van der Waals surface area contributed by atoms with Gasteiger partial charge in [0.1, 0.15) is 5.75 Å². The zero-order valence-corrected chi connectivity index (χ0v) is 16.4. The van der Waals surface area contributed by atoms with Gasteiger partial charge < -0.3 is 9.57 Å². The fourth-order valence-corrected chi connectivity index (χ4v) is 3.22. The van der Waals surface area contributed by atoms with Crippen LogP contribution >= 0.6 is 34.5 Å². The molecule has 0 N–H and O–H groups in total. The molecule has 0 fully saturated rings. The molecule has 0 bridgehead atoms. The lowest BCUT2D eigenvalue weighted by atomic mass is 10.2. The van der Waals surface area contributed by atoms with Gasteiger partial charge >= 0.3 is 6.18 Å². The zero-order valence-electron chi connectivity index (χ0n) is 14.1. The summed E-state index contributed by atoms with van der Waals surface area (Å²) in [7, 11) is 1.33. The van der Waals surface area contributed by atoms with Crippen molar-refractivity contribution >= 4 is 40.8 Å². The SMILES string of the molecule is Cn1nc(C(F)(F)F)c(/C=N/OCc2cnc(Cl)s2)c1Oc1cccc(Cl)c1. The first-order valence-corrected chi connectivity index (χ1v) is 9.14. The summed E-state index contributed by atoms with van der Waals surface area (Å²) in [6.45, 7) is 0.00693. The third kappa shape index (κ3) is 4.94. The zero-order chi connectivity index (χ0) is 20.3. The van der Waals surface area contributed by atoms with Crippen LogP contribution in [-0.4, -0.2) is 21.0 Å². The van der Waals surface area contributed by atoms with E-state index in [1.165, 1.54) is 30.6 Å². The van der Waals surface area contributed by atoms with Crippen LogP contribution in [0, 0.1) is 0 Å². The van der Waals surface area contributed by atoms with Gasteiger partial charge in [-0.25, -0.2) is 9.67 Å². The molecule has 148 valence electrons. The summed E-state index contributed by atoms with van der Waals surface area (Å²) in [4.78, 5) is 9.54. The molecule has 0 aliphatic rings. The lowest BCUT2D eigenvalue weighted by Gasteiger charge is -2.07. The van der Waals surface area contributed by atoms with Gasteiger partial charge in [-0.3, -0.25) is 0 Å². The fourth-order valence-electron chi connectivity index (χ4n) is 2.16. The molecule has 0 unspecified atom stereocenters. The van der Waals surface area contributed by atoms with Crippen molar-refractivity contribution in [2.45, 2.75) is 12.8 Å². The van der Waals surface area contributed by atoms with E-state index in [4.69, 9.17) is 32.8 Å². The highest BCUT2D eigenvalue weighted by Gasteiger charge is 2.39. The van der Waals surface area contributed by atoms with Crippen LogP contribution in [0.4, 0.5) is 13.2 Å². The number of benzene rings is 1. The van der Waals surface area contributed by atoms with Crippen molar-refractivity contribution < 1.29 is 22.7 Å². The molecule has 2 heterocycles. The quantitative estimate of drug-likeness (QED) is 0.365. The number of halogens is 5. The van der Waals surface area contributed by atoms with E-state index >= 15 is 0 Å². The van der Waals surface area contributed by atoms with Gasteiger partial charge in [0.15, 0.2) is 16.8 Å². The average Bonchev–Trinajstić information content (AvgIpc) is 3.16. The van der Waals surface area contributed by atoms with Crippen LogP contribution in [0.15, 0.2) is 35.6 Å². The summed E-state index contributed by atoms with van der Waals surface area (Å²) in [6, 6.07) is 6.24. The molecule has 3 rings (SSSR count). The molecular formula is C16H11Cl2F3N4O2S. The maximum atomic E-state index is 13.3. The number of aromatic nitrogens is 3. The summed E-state index contributed by atoms with van der Waals surface area (Å²) in [6.07, 6.45) is -2.32. The van der Waals surface area contributed by atoms with Gasteiger partial charge in [-0.2, -0.15) is 18.3 Å². The molecule has 28 heavy (non-hydrogen) atoms. The minimum absolute atomic E-state index is 0.00693. The van der Waals surface area contributed by atoms with Crippen molar-refractivity contribution in [3.8, 4) is 11.6 Å². The van der Waals surface area contributed by atoms with E-state index in [2.05, 4.69) is 15.2 Å². The third-order valence-electron chi connectivity index (χ3n) is 3.30. The van der Waals surface area contributed by atoms with Gasteiger partial charge in [0.25, 0.3) is 0 Å². The Morgan fingerprint density at radius 3 is 2.75 bits per heavy atom. The molecule has 12 heteroatoms. The monoisotopic (exact) mass is 450 g/mol. The lowest BCUT2D eigenvalue weighted by molar-refractivity contribution is -0.141.